The summed E-state index contributed by atoms with van der Waals surface area (Å²) in [5.74, 6) is -3.36. The lowest BCUT2D eigenvalue weighted by Gasteiger charge is -2.26. The average molecular weight is 472 g/mol. The van der Waals surface area contributed by atoms with Gasteiger partial charge in [-0.15, -0.1) is 5.10 Å². The molecule has 11 heteroatoms. The Hall–Kier alpha value is -3.89. The predicted octanol–water partition coefficient (Wildman–Crippen LogP) is 4.24. The number of nitrogens with zero attached hydrogens (tertiary/aromatic N) is 3. The van der Waals surface area contributed by atoms with Gasteiger partial charge in [-0.1, -0.05) is 5.10 Å². The van der Waals surface area contributed by atoms with Crippen molar-refractivity contribution in [3.05, 3.63) is 59.1 Å². The number of halogens is 2. The normalized spacial score (nSPS) is 17.9. The first-order valence-corrected chi connectivity index (χ1v) is 10.7. The molecule has 4 rings (SSSR count). The van der Waals surface area contributed by atoms with Gasteiger partial charge in [0.15, 0.2) is 11.6 Å². The van der Waals surface area contributed by atoms with Crippen LogP contribution in [0.3, 0.4) is 0 Å². The number of carboxylic acid groups (broad SMARTS) is 1. The number of pyridine rings is 1. The van der Waals surface area contributed by atoms with Gasteiger partial charge in [-0.2, -0.15) is 0 Å². The van der Waals surface area contributed by atoms with Gasteiger partial charge in [0.05, 0.1) is 5.92 Å². The fourth-order valence-corrected chi connectivity index (χ4v) is 3.74. The standard InChI is InChI=1S/C23H22F2N4O5/c1-12-8-20(33-16-5-2-13(3-6-16)22(31)32)26-11-14(12)9-19(30)21-28-29-23(34-21)27-15-4-7-17(24)18(25)10-15/h4,7-8,10-11,13,16H,2-3,5-6,9H2,1H3,(H,27,29)(H,31,32). The Balaban J connectivity index is 1.34. The summed E-state index contributed by atoms with van der Waals surface area (Å²) in [5, 5.41) is 19.1. The minimum absolute atomic E-state index is 0.0321. The maximum absolute atomic E-state index is 13.3. The number of carbonyl (C=O) groups is 2. The molecule has 1 aliphatic carbocycles. The number of nitrogens with one attached hydrogen (secondary N) is 1. The summed E-state index contributed by atoms with van der Waals surface area (Å²) in [6.07, 6.45) is 3.86. The number of Topliss-reactive ketones (excluding diaryl/α,β-unsaturated/α-hetero) is 1. The summed E-state index contributed by atoms with van der Waals surface area (Å²) >= 11 is 0. The summed E-state index contributed by atoms with van der Waals surface area (Å²) < 4.78 is 37.6. The van der Waals surface area contributed by atoms with Crippen LogP contribution in [0.4, 0.5) is 20.5 Å². The molecule has 0 unspecified atom stereocenters. The highest BCUT2D eigenvalue weighted by Crippen LogP contribution is 2.28. The number of anilines is 2. The number of carboxylic acids is 1. The van der Waals surface area contributed by atoms with E-state index < -0.39 is 23.4 Å². The summed E-state index contributed by atoms with van der Waals surface area (Å²) in [6.45, 7) is 1.82. The van der Waals surface area contributed by atoms with Gasteiger partial charge in [0.25, 0.3) is 5.89 Å². The van der Waals surface area contributed by atoms with E-state index in [-0.39, 0.29) is 36.0 Å². The smallest absolute Gasteiger partial charge is 0.320 e. The van der Waals surface area contributed by atoms with Crippen LogP contribution in [-0.2, 0) is 11.2 Å². The van der Waals surface area contributed by atoms with Crippen molar-refractivity contribution in [2.75, 3.05) is 5.32 Å². The zero-order valence-corrected chi connectivity index (χ0v) is 18.3. The van der Waals surface area contributed by atoms with Crippen molar-refractivity contribution in [1.82, 2.24) is 15.2 Å². The molecule has 0 amide bonds. The van der Waals surface area contributed by atoms with Crippen molar-refractivity contribution in [3.63, 3.8) is 0 Å². The number of carbonyl (C=O) groups excluding carboxylic acids is 1. The molecule has 0 aliphatic heterocycles. The molecular weight excluding hydrogens is 450 g/mol. The van der Waals surface area contributed by atoms with Gasteiger partial charge in [0.2, 0.25) is 11.7 Å². The zero-order valence-electron chi connectivity index (χ0n) is 18.3. The minimum Gasteiger partial charge on any atom is -0.481 e. The molecule has 2 aromatic heterocycles. The van der Waals surface area contributed by atoms with Gasteiger partial charge in [-0.05, 0) is 55.9 Å². The van der Waals surface area contributed by atoms with E-state index in [2.05, 4.69) is 20.5 Å². The van der Waals surface area contributed by atoms with Crippen molar-refractivity contribution < 1.29 is 32.6 Å². The molecule has 0 bridgehead atoms. The number of benzene rings is 1. The number of ether oxygens (including phenoxy) is 1. The number of rotatable bonds is 8. The van der Waals surface area contributed by atoms with Crippen LogP contribution in [0.1, 0.15) is 47.5 Å². The molecule has 34 heavy (non-hydrogen) atoms. The van der Waals surface area contributed by atoms with Crippen molar-refractivity contribution in [2.45, 2.75) is 45.1 Å². The number of aryl methyl sites for hydroxylation is 1. The topological polar surface area (TPSA) is 127 Å². The van der Waals surface area contributed by atoms with Crippen molar-refractivity contribution >= 4 is 23.5 Å². The van der Waals surface area contributed by atoms with Crippen molar-refractivity contribution in [2.24, 2.45) is 5.92 Å². The molecule has 0 atom stereocenters. The first-order valence-electron chi connectivity index (χ1n) is 10.7. The number of aliphatic carboxylic acids is 1. The molecule has 0 saturated heterocycles. The maximum atomic E-state index is 13.3. The fraction of sp³-hybridized carbons (Fsp3) is 0.348. The monoisotopic (exact) mass is 472 g/mol. The Bertz CT molecular complexity index is 1210. The second-order valence-corrected chi connectivity index (χ2v) is 8.14. The SMILES string of the molecule is Cc1cc(OC2CCC(C(=O)O)CC2)ncc1CC(=O)c1nnc(Nc2ccc(F)c(F)c2)o1. The number of hydrogen-bond acceptors (Lipinski definition) is 8. The van der Waals surface area contributed by atoms with E-state index in [0.717, 1.165) is 17.7 Å². The molecule has 1 aliphatic rings. The highest BCUT2D eigenvalue weighted by Gasteiger charge is 2.27. The highest BCUT2D eigenvalue weighted by atomic mass is 19.2. The molecule has 2 heterocycles. The van der Waals surface area contributed by atoms with Crippen LogP contribution in [0.2, 0.25) is 0 Å². The van der Waals surface area contributed by atoms with E-state index in [1.165, 1.54) is 6.07 Å². The van der Waals surface area contributed by atoms with Gasteiger partial charge in [-0.25, -0.2) is 13.8 Å². The van der Waals surface area contributed by atoms with Crippen LogP contribution in [0, 0.1) is 24.5 Å². The lowest BCUT2D eigenvalue weighted by atomic mass is 9.87. The molecule has 2 N–H and O–H groups in total. The third-order valence-corrected chi connectivity index (χ3v) is 5.69. The number of aromatic nitrogens is 3. The van der Waals surface area contributed by atoms with Crippen LogP contribution in [0.25, 0.3) is 0 Å². The van der Waals surface area contributed by atoms with Crippen LogP contribution >= 0.6 is 0 Å². The Morgan fingerprint density at radius 2 is 1.91 bits per heavy atom. The molecule has 1 fully saturated rings. The third kappa shape index (κ3) is 5.53. The van der Waals surface area contributed by atoms with E-state index in [4.69, 9.17) is 14.3 Å². The Labute approximate surface area is 193 Å². The van der Waals surface area contributed by atoms with E-state index in [0.29, 0.717) is 37.1 Å². The third-order valence-electron chi connectivity index (χ3n) is 5.69. The van der Waals surface area contributed by atoms with E-state index in [1.807, 2.05) is 6.92 Å². The van der Waals surface area contributed by atoms with E-state index in [1.54, 1.807) is 12.3 Å². The Morgan fingerprint density at radius 3 is 2.59 bits per heavy atom. The molecule has 0 spiro atoms. The van der Waals surface area contributed by atoms with Gasteiger partial charge in [0.1, 0.15) is 6.10 Å². The largest absolute Gasteiger partial charge is 0.481 e. The summed E-state index contributed by atoms with van der Waals surface area (Å²) in [4.78, 5) is 27.9. The van der Waals surface area contributed by atoms with E-state index in [9.17, 15) is 18.4 Å². The Kier molecular flexibility index (Phi) is 6.80. The summed E-state index contributed by atoms with van der Waals surface area (Å²) in [7, 11) is 0. The quantitative estimate of drug-likeness (QED) is 0.463. The molecule has 178 valence electrons. The minimum atomic E-state index is -1.04. The summed E-state index contributed by atoms with van der Waals surface area (Å²) in [5.41, 5.74) is 1.63. The van der Waals surface area contributed by atoms with E-state index >= 15 is 0 Å². The summed E-state index contributed by atoms with van der Waals surface area (Å²) in [6, 6.07) is 4.77. The van der Waals surface area contributed by atoms with Gasteiger partial charge in [-0.3, -0.25) is 9.59 Å². The first kappa shape index (κ1) is 23.3. The van der Waals surface area contributed by atoms with Gasteiger partial charge >= 0.3 is 12.0 Å². The van der Waals surface area contributed by atoms with Crippen LogP contribution in [-0.4, -0.2) is 38.1 Å². The molecule has 3 aromatic rings. The molecule has 0 radical (unpaired) electrons. The maximum Gasteiger partial charge on any atom is 0.320 e. The fourth-order valence-electron chi connectivity index (χ4n) is 3.74. The van der Waals surface area contributed by atoms with Crippen molar-refractivity contribution in [3.8, 4) is 5.88 Å². The first-order chi connectivity index (χ1) is 16.3. The van der Waals surface area contributed by atoms with Gasteiger partial charge in [0, 0.05) is 30.4 Å². The second-order valence-electron chi connectivity index (χ2n) is 8.14. The predicted molar refractivity (Wildman–Crippen MR) is 115 cm³/mol. The zero-order chi connectivity index (χ0) is 24.2. The lowest BCUT2D eigenvalue weighted by molar-refractivity contribution is -0.143. The van der Waals surface area contributed by atoms with Crippen LogP contribution in [0.5, 0.6) is 5.88 Å². The molecular formula is C23H22F2N4O5. The molecule has 1 aromatic carbocycles. The van der Waals surface area contributed by atoms with Crippen LogP contribution < -0.4 is 10.1 Å². The van der Waals surface area contributed by atoms with Crippen molar-refractivity contribution in [1.29, 1.82) is 0 Å². The lowest BCUT2D eigenvalue weighted by Crippen LogP contribution is -2.28. The molecule has 1 saturated carbocycles. The number of hydrogen-bond donors (Lipinski definition) is 2. The second kappa shape index (κ2) is 9.94. The van der Waals surface area contributed by atoms with Gasteiger partial charge < -0.3 is 19.6 Å². The average Bonchev–Trinajstić information content (AvgIpc) is 3.27. The highest BCUT2D eigenvalue weighted by molar-refractivity contribution is 5.93. The number of ketones is 1. The molecule has 9 nitrogen and oxygen atoms in total. The Morgan fingerprint density at radius 1 is 1.15 bits per heavy atom. The van der Waals surface area contributed by atoms with Crippen LogP contribution in [0.15, 0.2) is 34.9 Å².